The van der Waals surface area contributed by atoms with Gasteiger partial charge in [-0.1, -0.05) is 6.92 Å². The number of hydrogen-bond donors (Lipinski definition) is 1. The number of rotatable bonds is 4. The van der Waals surface area contributed by atoms with Crippen molar-refractivity contribution in [3.63, 3.8) is 0 Å². The zero-order valence-electron chi connectivity index (χ0n) is 16.1. The Labute approximate surface area is 172 Å². The number of alkyl halides is 3. The number of imide groups is 1. The van der Waals surface area contributed by atoms with Crippen LogP contribution < -0.4 is 15.0 Å². The van der Waals surface area contributed by atoms with Gasteiger partial charge in [0.1, 0.15) is 5.54 Å². The van der Waals surface area contributed by atoms with Gasteiger partial charge in [-0.25, -0.2) is 18.5 Å². The van der Waals surface area contributed by atoms with Crippen molar-refractivity contribution < 1.29 is 36.3 Å². The van der Waals surface area contributed by atoms with E-state index in [9.17, 15) is 31.5 Å². The highest BCUT2D eigenvalue weighted by Gasteiger charge is 2.52. The number of ether oxygens (including phenoxy) is 1. The molecule has 2 aromatic carbocycles. The predicted octanol–water partition coefficient (Wildman–Crippen LogP) is 4.23. The van der Waals surface area contributed by atoms with Crippen molar-refractivity contribution in [3.8, 4) is 11.8 Å². The number of hydrogen-bond acceptors (Lipinski definition) is 4. The minimum atomic E-state index is -4.91. The molecule has 1 aliphatic heterocycles. The molecule has 0 bridgehead atoms. The molecule has 1 N–H and O–H groups in total. The van der Waals surface area contributed by atoms with E-state index in [1.54, 1.807) is 0 Å². The van der Waals surface area contributed by atoms with E-state index >= 15 is 0 Å². The van der Waals surface area contributed by atoms with Crippen LogP contribution in [0.5, 0.6) is 5.75 Å². The van der Waals surface area contributed by atoms with Gasteiger partial charge in [0.2, 0.25) is 0 Å². The molecule has 6 nitrogen and oxygen atoms in total. The summed E-state index contributed by atoms with van der Waals surface area (Å²) in [5, 5.41) is 11.2. The fraction of sp³-hybridized carbons (Fsp3) is 0.250. The van der Waals surface area contributed by atoms with Crippen LogP contribution in [0.15, 0.2) is 30.3 Å². The summed E-state index contributed by atoms with van der Waals surface area (Å²) in [6.45, 7) is 1.46. The Bertz CT molecular complexity index is 1100. The van der Waals surface area contributed by atoms with Crippen molar-refractivity contribution in [2.75, 3.05) is 12.0 Å². The summed E-state index contributed by atoms with van der Waals surface area (Å²) in [5.41, 5.74) is -4.62. The highest BCUT2D eigenvalue weighted by Crippen LogP contribution is 2.40. The Kier molecular flexibility index (Phi) is 5.35. The summed E-state index contributed by atoms with van der Waals surface area (Å²) in [6, 6.07) is 4.28. The number of carbonyl (C=O) groups is 2. The standard InChI is InChI=1S/C20H14F5N3O3/c1-3-19(11-6-14(21)16(31-2)15(22)7-11)17(29)28(18(30)27-19)12-5-4-10(9-26)13(8-12)20(23,24)25/h4-8H,3H2,1-2H3,(H,27,30). The maximum Gasteiger partial charge on any atom is 0.417 e. The Morgan fingerprint density at radius 3 is 2.26 bits per heavy atom. The lowest BCUT2D eigenvalue weighted by Gasteiger charge is -2.26. The normalized spacial score (nSPS) is 18.7. The largest absolute Gasteiger partial charge is 0.491 e. The van der Waals surface area contributed by atoms with Gasteiger partial charge in [-0.15, -0.1) is 0 Å². The van der Waals surface area contributed by atoms with E-state index in [4.69, 9.17) is 5.26 Å². The van der Waals surface area contributed by atoms with Gasteiger partial charge >= 0.3 is 12.2 Å². The molecule has 1 aliphatic rings. The molecule has 0 aliphatic carbocycles. The molecule has 0 spiro atoms. The van der Waals surface area contributed by atoms with Gasteiger partial charge in [0.25, 0.3) is 5.91 Å². The van der Waals surface area contributed by atoms with Crippen molar-refractivity contribution in [1.82, 2.24) is 5.32 Å². The van der Waals surface area contributed by atoms with Crippen LogP contribution in [0.4, 0.5) is 32.4 Å². The first kappa shape index (κ1) is 22.0. The molecule has 11 heteroatoms. The van der Waals surface area contributed by atoms with Gasteiger partial charge in [-0.3, -0.25) is 4.79 Å². The number of amides is 3. The quantitative estimate of drug-likeness (QED) is 0.571. The molecule has 2 aromatic rings. The van der Waals surface area contributed by atoms with Crippen molar-refractivity contribution in [2.45, 2.75) is 25.1 Å². The smallest absolute Gasteiger partial charge is 0.417 e. The average molecular weight is 439 g/mol. The fourth-order valence-electron chi connectivity index (χ4n) is 3.45. The van der Waals surface area contributed by atoms with Gasteiger partial charge in [-0.05, 0) is 42.3 Å². The lowest BCUT2D eigenvalue weighted by molar-refractivity contribution is -0.137. The number of benzene rings is 2. The van der Waals surface area contributed by atoms with E-state index in [1.807, 2.05) is 0 Å². The molecule has 162 valence electrons. The van der Waals surface area contributed by atoms with Gasteiger partial charge in [-0.2, -0.15) is 18.4 Å². The number of nitriles is 1. The first-order valence-corrected chi connectivity index (χ1v) is 8.81. The molecule has 1 unspecified atom stereocenters. The predicted molar refractivity (Wildman–Crippen MR) is 97.1 cm³/mol. The molecule has 3 amide bonds. The maximum absolute atomic E-state index is 14.2. The number of methoxy groups -OCH3 is 1. The summed E-state index contributed by atoms with van der Waals surface area (Å²) >= 11 is 0. The fourth-order valence-corrected chi connectivity index (χ4v) is 3.45. The topological polar surface area (TPSA) is 82.4 Å². The second kappa shape index (κ2) is 7.54. The molecule has 1 atom stereocenters. The lowest BCUT2D eigenvalue weighted by atomic mass is 9.86. The molecule has 31 heavy (non-hydrogen) atoms. The van der Waals surface area contributed by atoms with Crippen LogP contribution in [-0.4, -0.2) is 19.0 Å². The van der Waals surface area contributed by atoms with E-state index in [1.165, 1.54) is 13.0 Å². The number of nitrogens with zero attached hydrogens (tertiary/aromatic N) is 2. The van der Waals surface area contributed by atoms with Gasteiger partial charge < -0.3 is 10.1 Å². The number of carbonyl (C=O) groups excluding carboxylic acids is 2. The third-order valence-electron chi connectivity index (χ3n) is 5.00. The summed E-state index contributed by atoms with van der Waals surface area (Å²) in [6.07, 6.45) is -5.06. The molecule has 1 fully saturated rings. The van der Waals surface area contributed by atoms with Crippen LogP contribution in [0.25, 0.3) is 0 Å². The highest BCUT2D eigenvalue weighted by atomic mass is 19.4. The van der Waals surface area contributed by atoms with Crippen molar-refractivity contribution in [3.05, 3.63) is 58.7 Å². The zero-order valence-corrected chi connectivity index (χ0v) is 16.1. The van der Waals surface area contributed by atoms with Crippen molar-refractivity contribution in [2.24, 2.45) is 0 Å². The molecular weight excluding hydrogens is 425 g/mol. The van der Waals surface area contributed by atoms with E-state index in [0.29, 0.717) is 11.0 Å². The van der Waals surface area contributed by atoms with Crippen molar-refractivity contribution in [1.29, 1.82) is 5.26 Å². The molecule has 0 aromatic heterocycles. The monoisotopic (exact) mass is 439 g/mol. The number of nitrogens with one attached hydrogen (secondary N) is 1. The van der Waals surface area contributed by atoms with Gasteiger partial charge in [0, 0.05) is 0 Å². The third kappa shape index (κ3) is 3.43. The van der Waals surface area contributed by atoms with Crippen LogP contribution >= 0.6 is 0 Å². The second-order valence-electron chi connectivity index (χ2n) is 6.64. The molecule has 0 radical (unpaired) electrons. The van der Waals surface area contributed by atoms with Crippen LogP contribution in [0.2, 0.25) is 0 Å². The summed E-state index contributed by atoms with van der Waals surface area (Å²) in [7, 11) is 1.05. The summed E-state index contributed by atoms with van der Waals surface area (Å²) in [4.78, 5) is 26.2. The molecule has 1 heterocycles. The first-order chi connectivity index (χ1) is 14.5. The third-order valence-corrected chi connectivity index (χ3v) is 5.00. The Hall–Kier alpha value is -3.68. The van der Waals surface area contributed by atoms with Crippen molar-refractivity contribution >= 4 is 17.6 Å². The van der Waals surface area contributed by atoms with Crippen LogP contribution in [0, 0.1) is 23.0 Å². The summed E-state index contributed by atoms with van der Waals surface area (Å²) < 4.78 is 72.9. The molecule has 1 saturated heterocycles. The number of urea groups is 1. The highest BCUT2D eigenvalue weighted by molar-refractivity contribution is 6.23. The maximum atomic E-state index is 14.2. The first-order valence-electron chi connectivity index (χ1n) is 8.81. The Morgan fingerprint density at radius 1 is 1.16 bits per heavy atom. The minimum absolute atomic E-state index is 0.151. The Morgan fingerprint density at radius 2 is 1.77 bits per heavy atom. The van der Waals surface area contributed by atoms with E-state index < -0.39 is 57.9 Å². The molecular formula is C20H14F5N3O3. The number of halogens is 5. The van der Waals surface area contributed by atoms with Gasteiger partial charge in [0.15, 0.2) is 17.4 Å². The van der Waals surface area contributed by atoms with E-state index in [0.717, 1.165) is 31.4 Å². The SMILES string of the molecule is CCC1(c2cc(F)c(OC)c(F)c2)NC(=O)N(c2ccc(C#N)c(C(F)(F)F)c2)C1=O. The molecule has 0 saturated carbocycles. The van der Waals surface area contributed by atoms with E-state index in [2.05, 4.69) is 10.1 Å². The minimum Gasteiger partial charge on any atom is -0.491 e. The summed E-state index contributed by atoms with van der Waals surface area (Å²) in [5.74, 6) is -3.96. The zero-order chi connectivity index (χ0) is 23.1. The van der Waals surface area contributed by atoms with Crippen LogP contribution in [-0.2, 0) is 16.5 Å². The van der Waals surface area contributed by atoms with Gasteiger partial charge in [0.05, 0.1) is 30.0 Å². The average Bonchev–Trinajstić information content (AvgIpc) is 2.97. The second-order valence-corrected chi connectivity index (χ2v) is 6.64. The van der Waals surface area contributed by atoms with Crippen LogP contribution in [0.3, 0.4) is 0 Å². The molecule has 3 rings (SSSR count). The number of anilines is 1. The van der Waals surface area contributed by atoms with Crippen LogP contribution in [0.1, 0.15) is 30.0 Å². The van der Waals surface area contributed by atoms with E-state index in [-0.39, 0.29) is 12.0 Å². The Balaban J connectivity index is 2.13. The lowest BCUT2D eigenvalue weighted by Crippen LogP contribution is -2.43.